The number of aryl methyl sites for hydroxylation is 1. The Labute approximate surface area is 131 Å². The Morgan fingerprint density at radius 3 is 2.23 bits per heavy atom. The van der Waals surface area contributed by atoms with E-state index in [9.17, 15) is 4.79 Å². The van der Waals surface area contributed by atoms with Crippen molar-refractivity contribution in [2.24, 2.45) is 0 Å². The molecular formula is C20H19NO. The largest absolute Gasteiger partial charge is 0.345 e. The summed E-state index contributed by atoms with van der Waals surface area (Å²) in [7, 11) is 3.59. The van der Waals surface area contributed by atoms with E-state index in [1.165, 1.54) is 5.56 Å². The molecule has 0 saturated heterocycles. The molecule has 3 aromatic carbocycles. The monoisotopic (exact) mass is 289 g/mol. The smallest absolute Gasteiger partial charge is 0.254 e. The van der Waals surface area contributed by atoms with Crippen LogP contribution in [-0.4, -0.2) is 24.9 Å². The third-order valence-corrected chi connectivity index (χ3v) is 3.98. The van der Waals surface area contributed by atoms with Gasteiger partial charge in [-0.25, -0.2) is 0 Å². The molecule has 0 bridgehead atoms. The van der Waals surface area contributed by atoms with Gasteiger partial charge in [-0.1, -0.05) is 60.7 Å². The highest BCUT2D eigenvalue weighted by Gasteiger charge is 2.18. The van der Waals surface area contributed by atoms with Crippen LogP contribution in [-0.2, 0) is 0 Å². The number of carbonyl (C=O) groups excluding carboxylic acids is 1. The third-order valence-electron chi connectivity index (χ3n) is 3.98. The van der Waals surface area contributed by atoms with Crippen LogP contribution >= 0.6 is 0 Å². The maximum absolute atomic E-state index is 12.8. The van der Waals surface area contributed by atoms with Crippen molar-refractivity contribution in [2.45, 2.75) is 6.92 Å². The molecule has 0 spiro atoms. The molecule has 0 fully saturated rings. The summed E-state index contributed by atoms with van der Waals surface area (Å²) in [6, 6.07) is 20.4. The summed E-state index contributed by atoms with van der Waals surface area (Å²) in [5.74, 6) is 0.0371. The first-order valence-corrected chi connectivity index (χ1v) is 7.39. The second-order valence-corrected chi connectivity index (χ2v) is 5.72. The van der Waals surface area contributed by atoms with Gasteiger partial charge < -0.3 is 4.90 Å². The molecule has 1 amide bonds. The van der Waals surface area contributed by atoms with E-state index in [2.05, 4.69) is 31.2 Å². The predicted octanol–water partition coefficient (Wildman–Crippen LogP) is 4.52. The molecule has 0 atom stereocenters. The molecule has 0 aliphatic rings. The summed E-state index contributed by atoms with van der Waals surface area (Å²) in [6.45, 7) is 2.08. The highest BCUT2D eigenvalue weighted by Crippen LogP contribution is 2.32. The number of hydrogen-bond donors (Lipinski definition) is 0. The lowest BCUT2D eigenvalue weighted by Crippen LogP contribution is -2.22. The van der Waals surface area contributed by atoms with E-state index in [-0.39, 0.29) is 5.91 Å². The maximum Gasteiger partial charge on any atom is 0.254 e. The van der Waals surface area contributed by atoms with Gasteiger partial charge in [0.1, 0.15) is 0 Å². The zero-order chi connectivity index (χ0) is 15.7. The lowest BCUT2D eigenvalue weighted by Gasteiger charge is -2.18. The zero-order valence-electron chi connectivity index (χ0n) is 13.1. The number of amides is 1. The van der Waals surface area contributed by atoms with E-state index in [4.69, 9.17) is 0 Å². The fraction of sp³-hybridized carbons (Fsp3) is 0.150. The van der Waals surface area contributed by atoms with Crippen molar-refractivity contribution in [1.29, 1.82) is 0 Å². The Bertz CT molecular complexity index is 849. The van der Waals surface area contributed by atoms with Crippen molar-refractivity contribution < 1.29 is 4.79 Å². The summed E-state index contributed by atoms with van der Waals surface area (Å²) in [6.07, 6.45) is 0. The first-order chi connectivity index (χ1) is 10.6. The van der Waals surface area contributed by atoms with E-state index in [0.717, 1.165) is 27.5 Å². The Kier molecular flexibility index (Phi) is 3.68. The van der Waals surface area contributed by atoms with E-state index >= 15 is 0 Å². The SMILES string of the molecule is Cc1ccccc1-c1ccc2ccccc2c1C(=O)N(C)C. The number of nitrogens with zero attached hydrogens (tertiary/aromatic N) is 1. The highest BCUT2D eigenvalue weighted by molar-refractivity contribution is 6.12. The minimum absolute atomic E-state index is 0.0371. The predicted molar refractivity (Wildman–Crippen MR) is 92.1 cm³/mol. The molecular weight excluding hydrogens is 270 g/mol. The molecule has 3 aromatic rings. The molecule has 0 saturated carbocycles. The molecule has 0 unspecified atom stereocenters. The van der Waals surface area contributed by atoms with Crippen LogP contribution in [0.3, 0.4) is 0 Å². The average Bonchev–Trinajstić information content (AvgIpc) is 2.53. The number of fused-ring (bicyclic) bond motifs is 1. The molecule has 0 aromatic heterocycles. The van der Waals surface area contributed by atoms with Gasteiger partial charge in [0.25, 0.3) is 5.91 Å². The quantitative estimate of drug-likeness (QED) is 0.679. The third kappa shape index (κ3) is 2.37. The second-order valence-electron chi connectivity index (χ2n) is 5.72. The van der Waals surface area contributed by atoms with E-state index in [1.807, 2.05) is 36.4 Å². The molecule has 0 radical (unpaired) electrons. The van der Waals surface area contributed by atoms with Crippen LogP contribution in [0.2, 0.25) is 0 Å². The summed E-state index contributed by atoms with van der Waals surface area (Å²) in [4.78, 5) is 14.4. The molecule has 2 nitrogen and oxygen atoms in total. The van der Waals surface area contributed by atoms with Crippen molar-refractivity contribution in [1.82, 2.24) is 4.90 Å². The van der Waals surface area contributed by atoms with Crippen LogP contribution in [0, 0.1) is 6.92 Å². The molecule has 0 aliphatic heterocycles. The Hall–Kier alpha value is -2.61. The van der Waals surface area contributed by atoms with Gasteiger partial charge in [0.2, 0.25) is 0 Å². The lowest BCUT2D eigenvalue weighted by molar-refractivity contribution is 0.0830. The maximum atomic E-state index is 12.8. The van der Waals surface area contributed by atoms with E-state index in [1.54, 1.807) is 19.0 Å². The van der Waals surface area contributed by atoms with Crippen LogP contribution in [0.1, 0.15) is 15.9 Å². The molecule has 110 valence electrons. The van der Waals surface area contributed by atoms with Crippen LogP contribution in [0.15, 0.2) is 60.7 Å². The van der Waals surface area contributed by atoms with Gasteiger partial charge in [0, 0.05) is 14.1 Å². The van der Waals surface area contributed by atoms with Crippen molar-refractivity contribution in [3.05, 3.63) is 71.8 Å². The van der Waals surface area contributed by atoms with Crippen LogP contribution < -0.4 is 0 Å². The van der Waals surface area contributed by atoms with Gasteiger partial charge in [-0.3, -0.25) is 4.79 Å². The second kappa shape index (κ2) is 5.64. The van der Waals surface area contributed by atoms with Crippen molar-refractivity contribution in [3.8, 4) is 11.1 Å². The van der Waals surface area contributed by atoms with Gasteiger partial charge in [-0.2, -0.15) is 0 Å². The zero-order valence-corrected chi connectivity index (χ0v) is 13.1. The number of benzene rings is 3. The van der Waals surface area contributed by atoms with Crippen LogP contribution in [0.4, 0.5) is 0 Å². The summed E-state index contributed by atoms with van der Waals surface area (Å²) >= 11 is 0. The Balaban J connectivity index is 2.38. The van der Waals surface area contributed by atoms with Crippen molar-refractivity contribution >= 4 is 16.7 Å². The summed E-state index contributed by atoms with van der Waals surface area (Å²) < 4.78 is 0. The molecule has 2 heteroatoms. The van der Waals surface area contributed by atoms with Gasteiger partial charge in [0.05, 0.1) is 5.56 Å². The van der Waals surface area contributed by atoms with Crippen LogP contribution in [0.5, 0.6) is 0 Å². The van der Waals surface area contributed by atoms with Gasteiger partial charge in [-0.15, -0.1) is 0 Å². The molecule has 3 rings (SSSR count). The van der Waals surface area contributed by atoms with E-state index in [0.29, 0.717) is 0 Å². The lowest BCUT2D eigenvalue weighted by atomic mass is 9.91. The van der Waals surface area contributed by atoms with Crippen LogP contribution in [0.25, 0.3) is 21.9 Å². The average molecular weight is 289 g/mol. The standard InChI is InChI=1S/C20H19NO/c1-14-8-4-6-10-16(14)18-13-12-15-9-5-7-11-17(15)19(18)20(22)21(2)3/h4-13H,1-3H3. The van der Waals surface area contributed by atoms with E-state index < -0.39 is 0 Å². The first-order valence-electron chi connectivity index (χ1n) is 7.39. The molecule has 0 aliphatic carbocycles. The fourth-order valence-corrected chi connectivity index (χ4v) is 2.83. The van der Waals surface area contributed by atoms with Crippen molar-refractivity contribution in [3.63, 3.8) is 0 Å². The number of hydrogen-bond acceptors (Lipinski definition) is 1. The Morgan fingerprint density at radius 2 is 1.50 bits per heavy atom. The normalized spacial score (nSPS) is 10.7. The Morgan fingerprint density at radius 1 is 0.818 bits per heavy atom. The first kappa shape index (κ1) is 14.3. The van der Waals surface area contributed by atoms with Gasteiger partial charge in [-0.05, 0) is 34.4 Å². The number of rotatable bonds is 2. The highest BCUT2D eigenvalue weighted by atomic mass is 16.2. The fourth-order valence-electron chi connectivity index (χ4n) is 2.83. The summed E-state index contributed by atoms with van der Waals surface area (Å²) in [5, 5.41) is 2.09. The molecule has 22 heavy (non-hydrogen) atoms. The van der Waals surface area contributed by atoms with Crippen molar-refractivity contribution in [2.75, 3.05) is 14.1 Å². The van der Waals surface area contributed by atoms with Gasteiger partial charge in [0.15, 0.2) is 0 Å². The molecule has 0 N–H and O–H groups in total. The number of carbonyl (C=O) groups is 1. The minimum atomic E-state index is 0.0371. The van der Waals surface area contributed by atoms with Gasteiger partial charge >= 0.3 is 0 Å². The summed E-state index contributed by atoms with van der Waals surface area (Å²) in [5.41, 5.74) is 4.05. The minimum Gasteiger partial charge on any atom is -0.345 e. The molecule has 0 heterocycles. The topological polar surface area (TPSA) is 20.3 Å².